The van der Waals surface area contributed by atoms with Gasteiger partial charge in [0.1, 0.15) is 17.1 Å². The molecule has 0 aromatic heterocycles. The summed E-state index contributed by atoms with van der Waals surface area (Å²) in [7, 11) is 0. The number of allylic oxidation sites excluding steroid dienone is 3. The average molecular weight is 338 g/mol. The molecule has 1 heterocycles. The van der Waals surface area contributed by atoms with Crippen molar-refractivity contribution in [2.24, 2.45) is 23.7 Å². The number of aryl methyl sites for hydroxylation is 1. The SMILES string of the molecule is C=C(C)[C@H]1CC=C(C)[C@H]2C[C@H]3Cc4c(C)cc(O)cc4O[C@@]3(C)C[C@H]12. The van der Waals surface area contributed by atoms with Crippen LogP contribution in [-0.2, 0) is 6.42 Å². The standard InChI is InChI=1S/C23H30O2/c1-13(2)18-7-6-14(3)19-9-16-10-20-15(4)8-17(24)11-22(20)25-23(16,5)12-21(18)19/h6,8,11,16,18-19,21,24H,1,7,9-10,12H2,2-5H3/t16-,18+,19+,21+,23-/m0/s1. The van der Waals surface area contributed by atoms with Crippen molar-refractivity contribution < 1.29 is 9.84 Å². The minimum absolute atomic E-state index is 0.139. The zero-order valence-electron chi connectivity index (χ0n) is 15.9. The van der Waals surface area contributed by atoms with Crippen molar-refractivity contribution >= 4 is 0 Å². The molecule has 5 atom stereocenters. The van der Waals surface area contributed by atoms with Gasteiger partial charge < -0.3 is 9.84 Å². The molecule has 0 unspecified atom stereocenters. The molecular weight excluding hydrogens is 308 g/mol. The number of benzene rings is 1. The first-order chi connectivity index (χ1) is 11.8. The Morgan fingerprint density at radius 1 is 1.32 bits per heavy atom. The number of fused-ring (bicyclic) bond motifs is 3. The van der Waals surface area contributed by atoms with E-state index < -0.39 is 0 Å². The van der Waals surface area contributed by atoms with Gasteiger partial charge in [-0.15, -0.1) is 0 Å². The van der Waals surface area contributed by atoms with Crippen LogP contribution in [0.1, 0.15) is 51.2 Å². The van der Waals surface area contributed by atoms with Crippen LogP contribution in [0.5, 0.6) is 11.5 Å². The van der Waals surface area contributed by atoms with E-state index in [2.05, 4.69) is 40.3 Å². The Morgan fingerprint density at radius 3 is 2.80 bits per heavy atom. The molecule has 1 fully saturated rings. The third-order valence-electron chi connectivity index (χ3n) is 7.20. The van der Waals surface area contributed by atoms with E-state index in [1.165, 1.54) is 17.6 Å². The Balaban J connectivity index is 1.72. The highest BCUT2D eigenvalue weighted by atomic mass is 16.5. The maximum absolute atomic E-state index is 9.99. The van der Waals surface area contributed by atoms with Crippen molar-refractivity contribution in [2.75, 3.05) is 0 Å². The van der Waals surface area contributed by atoms with E-state index in [4.69, 9.17) is 4.74 Å². The summed E-state index contributed by atoms with van der Waals surface area (Å²) in [5, 5.41) is 9.99. The molecule has 1 aromatic rings. The highest BCUT2D eigenvalue weighted by Crippen LogP contribution is 2.55. The summed E-state index contributed by atoms with van der Waals surface area (Å²) in [6.45, 7) is 13.2. The van der Waals surface area contributed by atoms with Gasteiger partial charge in [-0.25, -0.2) is 0 Å². The molecule has 0 amide bonds. The quantitative estimate of drug-likeness (QED) is 0.677. The number of hydrogen-bond donors (Lipinski definition) is 1. The Bertz CT molecular complexity index is 760. The summed E-state index contributed by atoms with van der Waals surface area (Å²) in [5.74, 6) is 3.60. The van der Waals surface area contributed by atoms with Gasteiger partial charge in [0, 0.05) is 12.0 Å². The molecule has 2 heteroatoms. The van der Waals surface area contributed by atoms with Crippen LogP contribution in [0.25, 0.3) is 0 Å². The molecule has 1 saturated carbocycles. The van der Waals surface area contributed by atoms with Crippen LogP contribution < -0.4 is 4.74 Å². The van der Waals surface area contributed by atoms with Gasteiger partial charge in [0.15, 0.2) is 0 Å². The predicted molar refractivity (Wildman–Crippen MR) is 102 cm³/mol. The Labute approximate surface area is 151 Å². The predicted octanol–water partition coefficient (Wildman–Crippen LogP) is 5.58. The second kappa shape index (κ2) is 5.65. The van der Waals surface area contributed by atoms with E-state index in [0.29, 0.717) is 29.4 Å². The molecule has 0 saturated heterocycles. The zero-order chi connectivity index (χ0) is 17.9. The molecule has 2 nitrogen and oxygen atoms in total. The van der Waals surface area contributed by atoms with Crippen molar-refractivity contribution in [2.45, 2.75) is 59.0 Å². The number of rotatable bonds is 1. The fraction of sp³-hybridized carbons (Fsp3) is 0.565. The third kappa shape index (κ3) is 2.61. The number of hydrogen-bond acceptors (Lipinski definition) is 2. The van der Waals surface area contributed by atoms with Crippen LogP contribution in [0.15, 0.2) is 35.9 Å². The summed E-state index contributed by atoms with van der Waals surface area (Å²) in [6, 6.07) is 3.66. The summed E-state index contributed by atoms with van der Waals surface area (Å²) in [5.41, 5.74) is 5.17. The normalized spacial score (nSPS) is 36.4. The van der Waals surface area contributed by atoms with Crippen LogP contribution in [0.3, 0.4) is 0 Å². The first-order valence-corrected chi connectivity index (χ1v) is 9.62. The molecule has 1 N–H and O–H groups in total. The monoisotopic (exact) mass is 338 g/mol. The van der Waals surface area contributed by atoms with Crippen molar-refractivity contribution in [1.29, 1.82) is 0 Å². The van der Waals surface area contributed by atoms with Gasteiger partial charge in [-0.2, -0.15) is 0 Å². The summed E-state index contributed by atoms with van der Waals surface area (Å²) >= 11 is 0. The smallest absolute Gasteiger partial charge is 0.127 e. The fourth-order valence-electron chi connectivity index (χ4n) is 5.70. The molecule has 0 spiro atoms. The zero-order valence-corrected chi connectivity index (χ0v) is 15.9. The van der Waals surface area contributed by atoms with Crippen LogP contribution >= 0.6 is 0 Å². The first-order valence-electron chi connectivity index (χ1n) is 9.62. The van der Waals surface area contributed by atoms with Gasteiger partial charge in [0.25, 0.3) is 0 Å². The summed E-state index contributed by atoms with van der Waals surface area (Å²) in [6.07, 6.45) is 6.92. The molecular formula is C23H30O2. The second-order valence-electron chi connectivity index (χ2n) is 8.90. The Kier molecular flexibility index (Phi) is 3.79. The lowest BCUT2D eigenvalue weighted by atomic mass is 9.56. The molecule has 0 radical (unpaired) electrons. The highest BCUT2D eigenvalue weighted by molar-refractivity contribution is 5.48. The van der Waals surface area contributed by atoms with Gasteiger partial charge in [-0.05, 0) is 88.3 Å². The number of ether oxygens (including phenoxy) is 1. The minimum Gasteiger partial charge on any atom is -0.508 e. The van der Waals surface area contributed by atoms with Crippen molar-refractivity contribution in [1.82, 2.24) is 0 Å². The van der Waals surface area contributed by atoms with Crippen LogP contribution in [0.2, 0.25) is 0 Å². The first kappa shape index (κ1) is 16.8. The van der Waals surface area contributed by atoms with Crippen molar-refractivity contribution in [3.63, 3.8) is 0 Å². The van der Waals surface area contributed by atoms with E-state index in [9.17, 15) is 5.11 Å². The van der Waals surface area contributed by atoms with Crippen LogP contribution in [0.4, 0.5) is 0 Å². The maximum atomic E-state index is 9.99. The lowest BCUT2D eigenvalue weighted by Gasteiger charge is -2.54. The third-order valence-corrected chi connectivity index (χ3v) is 7.20. The largest absolute Gasteiger partial charge is 0.508 e. The number of phenolic OH excluding ortho intramolecular Hbond substituents is 1. The van der Waals surface area contributed by atoms with E-state index in [0.717, 1.165) is 30.6 Å². The van der Waals surface area contributed by atoms with E-state index in [1.807, 2.05) is 6.07 Å². The molecule has 3 aliphatic rings. The van der Waals surface area contributed by atoms with Gasteiger partial charge >= 0.3 is 0 Å². The molecule has 25 heavy (non-hydrogen) atoms. The molecule has 2 aliphatic carbocycles. The maximum Gasteiger partial charge on any atom is 0.127 e. The van der Waals surface area contributed by atoms with E-state index in [1.54, 1.807) is 11.6 Å². The Hall–Kier alpha value is -1.70. The van der Waals surface area contributed by atoms with Gasteiger partial charge in [-0.3, -0.25) is 0 Å². The van der Waals surface area contributed by atoms with Gasteiger partial charge in [0.05, 0.1) is 0 Å². The van der Waals surface area contributed by atoms with Crippen molar-refractivity contribution in [3.05, 3.63) is 47.1 Å². The number of phenols is 1. The minimum atomic E-state index is -0.139. The molecule has 4 rings (SSSR count). The molecule has 134 valence electrons. The Morgan fingerprint density at radius 2 is 2.08 bits per heavy atom. The van der Waals surface area contributed by atoms with E-state index >= 15 is 0 Å². The summed E-state index contributed by atoms with van der Waals surface area (Å²) in [4.78, 5) is 0. The lowest BCUT2D eigenvalue weighted by Crippen LogP contribution is -2.53. The number of aromatic hydroxyl groups is 1. The topological polar surface area (TPSA) is 29.5 Å². The fourth-order valence-corrected chi connectivity index (χ4v) is 5.70. The van der Waals surface area contributed by atoms with E-state index in [-0.39, 0.29) is 5.60 Å². The highest BCUT2D eigenvalue weighted by Gasteiger charge is 2.51. The van der Waals surface area contributed by atoms with Gasteiger partial charge in [-0.1, -0.05) is 23.8 Å². The van der Waals surface area contributed by atoms with Gasteiger partial charge in [0.2, 0.25) is 0 Å². The van der Waals surface area contributed by atoms with Crippen LogP contribution in [-0.4, -0.2) is 10.7 Å². The molecule has 1 aliphatic heterocycles. The average Bonchev–Trinajstić information content (AvgIpc) is 2.51. The molecule has 1 aromatic carbocycles. The molecule has 0 bridgehead atoms. The van der Waals surface area contributed by atoms with Crippen molar-refractivity contribution in [3.8, 4) is 11.5 Å². The summed E-state index contributed by atoms with van der Waals surface area (Å²) < 4.78 is 6.59. The second-order valence-corrected chi connectivity index (χ2v) is 8.90. The van der Waals surface area contributed by atoms with Crippen LogP contribution in [0, 0.1) is 30.6 Å². The lowest BCUT2D eigenvalue weighted by molar-refractivity contribution is -0.0665.